The van der Waals surface area contributed by atoms with Gasteiger partial charge in [0, 0.05) is 26.2 Å². The number of carbonyl (C=O) groups excluding carboxylic acids is 1. The summed E-state index contributed by atoms with van der Waals surface area (Å²) in [5.41, 5.74) is 1.08. The van der Waals surface area contributed by atoms with Gasteiger partial charge in [-0.2, -0.15) is 0 Å². The number of aryl methyl sites for hydroxylation is 1. The Morgan fingerprint density at radius 1 is 1.30 bits per heavy atom. The number of hydrogen-bond acceptors (Lipinski definition) is 4. The second kappa shape index (κ2) is 9.60. The molecule has 23 heavy (non-hydrogen) atoms. The molecule has 0 saturated carbocycles. The first-order chi connectivity index (χ1) is 11.1. The number of halogens is 1. The first-order valence-electron chi connectivity index (χ1n) is 7.86. The molecule has 2 N–H and O–H groups in total. The van der Waals surface area contributed by atoms with E-state index in [1.54, 1.807) is 6.07 Å². The van der Waals surface area contributed by atoms with E-state index in [1.165, 1.54) is 0 Å². The van der Waals surface area contributed by atoms with E-state index in [0.717, 1.165) is 38.4 Å². The van der Waals surface area contributed by atoms with Crippen molar-refractivity contribution in [2.24, 2.45) is 0 Å². The summed E-state index contributed by atoms with van der Waals surface area (Å²) in [7, 11) is 0. The number of nitrogens with one attached hydrogen (secondary N) is 2. The van der Waals surface area contributed by atoms with E-state index in [0.29, 0.717) is 30.5 Å². The first-order valence-corrected chi connectivity index (χ1v) is 8.24. The van der Waals surface area contributed by atoms with Crippen molar-refractivity contribution < 1.29 is 14.3 Å². The highest BCUT2D eigenvalue weighted by atomic mass is 35.5. The Hall–Kier alpha value is -1.50. The van der Waals surface area contributed by atoms with E-state index in [9.17, 15) is 4.79 Å². The number of rotatable bonds is 7. The molecule has 1 aliphatic rings. The number of nitrogens with zero attached hydrogens (tertiary/aromatic N) is 1. The Bertz CT molecular complexity index is 507. The summed E-state index contributed by atoms with van der Waals surface area (Å²) in [6.07, 6.45) is 0. The van der Waals surface area contributed by atoms with Crippen LogP contribution in [-0.2, 0) is 4.74 Å². The number of carbonyl (C=O) groups is 1. The molecular weight excluding hydrogens is 318 g/mol. The maximum atomic E-state index is 11.7. The fourth-order valence-corrected chi connectivity index (χ4v) is 2.43. The SMILES string of the molecule is Cc1ccc(Cl)c(OCCNC(=O)NCCN2CCOCC2)c1. The van der Waals surface area contributed by atoms with Gasteiger partial charge in [0.25, 0.3) is 0 Å². The van der Waals surface area contributed by atoms with Crippen LogP contribution in [-0.4, -0.2) is 63.5 Å². The summed E-state index contributed by atoms with van der Waals surface area (Å²) in [6, 6.07) is 5.43. The quantitative estimate of drug-likeness (QED) is 0.740. The van der Waals surface area contributed by atoms with Gasteiger partial charge in [-0.3, -0.25) is 4.90 Å². The minimum absolute atomic E-state index is 0.183. The molecule has 1 aromatic carbocycles. The zero-order valence-electron chi connectivity index (χ0n) is 13.4. The summed E-state index contributed by atoms with van der Waals surface area (Å²) >= 11 is 6.04. The molecule has 0 bridgehead atoms. The van der Waals surface area contributed by atoms with E-state index >= 15 is 0 Å². The molecule has 1 heterocycles. The summed E-state index contributed by atoms with van der Waals surface area (Å²) in [4.78, 5) is 13.9. The molecular formula is C16H24ClN3O3. The highest BCUT2D eigenvalue weighted by Gasteiger charge is 2.10. The third-order valence-electron chi connectivity index (χ3n) is 3.55. The fourth-order valence-electron chi connectivity index (χ4n) is 2.26. The van der Waals surface area contributed by atoms with Crippen LogP contribution in [0, 0.1) is 6.92 Å². The highest BCUT2D eigenvalue weighted by molar-refractivity contribution is 6.32. The average molecular weight is 342 g/mol. The van der Waals surface area contributed by atoms with Gasteiger partial charge in [0.05, 0.1) is 24.8 Å². The normalized spacial score (nSPS) is 15.2. The molecule has 0 unspecified atom stereocenters. The number of benzene rings is 1. The second-order valence-electron chi connectivity index (χ2n) is 5.42. The van der Waals surface area contributed by atoms with Gasteiger partial charge in [0.15, 0.2) is 0 Å². The van der Waals surface area contributed by atoms with Crippen molar-refractivity contribution in [3.8, 4) is 5.75 Å². The molecule has 2 rings (SSSR count). The monoisotopic (exact) mass is 341 g/mol. The van der Waals surface area contributed by atoms with Crippen LogP contribution in [0.25, 0.3) is 0 Å². The molecule has 1 saturated heterocycles. The maximum Gasteiger partial charge on any atom is 0.314 e. The smallest absolute Gasteiger partial charge is 0.314 e. The lowest BCUT2D eigenvalue weighted by atomic mass is 10.2. The Morgan fingerprint density at radius 2 is 2.04 bits per heavy atom. The molecule has 7 heteroatoms. The van der Waals surface area contributed by atoms with Gasteiger partial charge >= 0.3 is 6.03 Å². The zero-order chi connectivity index (χ0) is 16.5. The molecule has 2 amide bonds. The van der Waals surface area contributed by atoms with Gasteiger partial charge in [0.2, 0.25) is 0 Å². The van der Waals surface area contributed by atoms with Crippen LogP contribution in [0.3, 0.4) is 0 Å². The largest absolute Gasteiger partial charge is 0.490 e. The van der Waals surface area contributed by atoms with Crippen molar-refractivity contribution >= 4 is 17.6 Å². The van der Waals surface area contributed by atoms with Gasteiger partial charge in [-0.05, 0) is 24.6 Å². The number of ether oxygens (including phenoxy) is 2. The van der Waals surface area contributed by atoms with Crippen molar-refractivity contribution in [2.75, 3.05) is 52.5 Å². The third kappa shape index (κ3) is 6.64. The van der Waals surface area contributed by atoms with Crippen molar-refractivity contribution in [3.05, 3.63) is 28.8 Å². The Labute approximate surface area is 142 Å². The summed E-state index contributed by atoms with van der Waals surface area (Å²) < 4.78 is 10.9. The van der Waals surface area contributed by atoms with Gasteiger partial charge in [0.1, 0.15) is 12.4 Å². The van der Waals surface area contributed by atoms with Crippen LogP contribution in [0.15, 0.2) is 18.2 Å². The predicted octanol–water partition coefficient (Wildman–Crippen LogP) is 1.66. The van der Waals surface area contributed by atoms with E-state index in [4.69, 9.17) is 21.1 Å². The van der Waals surface area contributed by atoms with Crippen molar-refractivity contribution in [1.29, 1.82) is 0 Å². The van der Waals surface area contributed by atoms with Crippen LogP contribution in [0.1, 0.15) is 5.56 Å². The standard InChI is InChI=1S/C16H24ClN3O3/c1-13-2-3-14(17)15(12-13)23-9-5-19-16(21)18-4-6-20-7-10-22-11-8-20/h2-3,12H,4-11H2,1H3,(H2,18,19,21). The van der Waals surface area contributed by atoms with Gasteiger partial charge in [-0.15, -0.1) is 0 Å². The topological polar surface area (TPSA) is 62.8 Å². The Morgan fingerprint density at radius 3 is 2.83 bits per heavy atom. The molecule has 0 aliphatic carbocycles. The molecule has 0 atom stereocenters. The average Bonchev–Trinajstić information content (AvgIpc) is 2.55. The van der Waals surface area contributed by atoms with Gasteiger partial charge in [-0.25, -0.2) is 4.79 Å². The molecule has 0 spiro atoms. The maximum absolute atomic E-state index is 11.7. The summed E-state index contributed by atoms with van der Waals surface area (Å²) in [6.45, 7) is 7.62. The van der Waals surface area contributed by atoms with Crippen LogP contribution >= 0.6 is 11.6 Å². The molecule has 128 valence electrons. The summed E-state index contributed by atoms with van der Waals surface area (Å²) in [5, 5.41) is 6.17. The van der Waals surface area contributed by atoms with Crippen LogP contribution < -0.4 is 15.4 Å². The lowest BCUT2D eigenvalue weighted by Gasteiger charge is -2.26. The predicted molar refractivity (Wildman–Crippen MR) is 90.3 cm³/mol. The van der Waals surface area contributed by atoms with E-state index in [1.807, 2.05) is 19.1 Å². The lowest BCUT2D eigenvalue weighted by molar-refractivity contribution is 0.0387. The van der Waals surface area contributed by atoms with Gasteiger partial charge < -0.3 is 20.1 Å². The first kappa shape index (κ1) is 17.8. The Kier molecular flexibility index (Phi) is 7.45. The van der Waals surface area contributed by atoms with Crippen molar-refractivity contribution in [2.45, 2.75) is 6.92 Å². The van der Waals surface area contributed by atoms with E-state index < -0.39 is 0 Å². The lowest BCUT2D eigenvalue weighted by Crippen LogP contribution is -2.44. The molecule has 6 nitrogen and oxygen atoms in total. The van der Waals surface area contributed by atoms with Crippen molar-refractivity contribution in [3.63, 3.8) is 0 Å². The second-order valence-corrected chi connectivity index (χ2v) is 5.83. The zero-order valence-corrected chi connectivity index (χ0v) is 14.2. The minimum Gasteiger partial charge on any atom is -0.490 e. The molecule has 0 aromatic heterocycles. The van der Waals surface area contributed by atoms with Crippen LogP contribution in [0.4, 0.5) is 4.79 Å². The number of urea groups is 1. The number of amides is 2. The van der Waals surface area contributed by atoms with Crippen LogP contribution in [0.5, 0.6) is 5.75 Å². The van der Waals surface area contributed by atoms with Crippen molar-refractivity contribution in [1.82, 2.24) is 15.5 Å². The van der Waals surface area contributed by atoms with E-state index in [2.05, 4.69) is 15.5 Å². The van der Waals surface area contributed by atoms with Crippen LogP contribution in [0.2, 0.25) is 5.02 Å². The number of hydrogen-bond donors (Lipinski definition) is 2. The van der Waals surface area contributed by atoms with Gasteiger partial charge in [-0.1, -0.05) is 17.7 Å². The minimum atomic E-state index is -0.183. The number of morpholine rings is 1. The molecule has 1 aliphatic heterocycles. The highest BCUT2D eigenvalue weighted by Crippen LogP contribution is 2.24. The molecule has 0 radical (unpaired) electrons. The Balaban J connectivity index is 1.55. The third-order valence-corrected chi connectivity index (χ3v) is 3.86. The molecule has 1 aromatic rings. The van der Waals surface area contributed by atoms with E-state index in [-0.39, 0.29) is 6.03 Å². The fraction of sp³-hybridized carbons (Fsp3) is 0.562. The molecule has 1 fully saturated rings. The summed E-state index contributed by atoms with van der Waals surface area (Å²) in [5.74, 6) is 0.640.